The summed E-state index contributed by atoms with van der Waals surface area (Å²) in [5.74, 6) is -1.32. The van der Waals surface area contributed by atoms with Crippen molar-refractivity contribution in [1.82, 2.24) is 10.2 Å². The van der Waals surface area contributed by atoms with Crippen LogP contribution in [0, 0.1) is 17.8 Å². The number of hydrogen-bond donors (Lipinski definition) is 3. The Bertz CT molecular complexity index is 1960. The van der Waals surface area contributed by atoms with E-state index in [2.05, 4.69) is 18.0 Å². The molecule has 3 aliphatic rings. The molecule has 60 heavy (non-hydrogen) atoms. The Labute approximate surface area is 354 Å². The molecule has 0 aromatic heterocycles. The highest BCUT2D eigenvalue weighted by Gasteiger charge is 2.65. The number of ether oxygens (including phenoxy) is 4. The first-order valence-electron chi connectivity index (χ1n) is 21.2. The summed E-state index contributed by atoms with van der Waals surface area (Å²) in [5, 5.41) is 27.4. The van der Waals surface area contributed by atoms with Crippen LogP contribution in [0.15, 0.2) is 108 Å². The van der Waals surface area contributed by atoms with E-state index in [0.29, 0.717) is 36.6 Å². The van der Waals surface area contributed by atoms with Crippen molar-refractivity contribution in [3.05, 3.63) is 120 Å². The second-order valence-electron chi connectivity index (χ2n) is 16.9. The molecule has 6 unspecified atom stereocenters. The number of oxime groups is 1. The predicted octanol–water partition coefficient (Wildman–Crippen LogP) is 8.68. The molecule has 6 rings (SSSR count). The van der Waals surface area contributed by atoms with Crippen molar-refractivity contribution in [2.75, 3.05) is 26.9 Å². The summed E-state index contributed by atoms with van der Waals surface area (Å²) in [7, 11) is 1.70. The smallest absolute Gasteiger partial charge is 0.412 e. The van der Waals surface area contributed by atoms with Gasteiger partial charge in [0.25, 0.3) is 0 Å². The van der Waals surface area contributed by atoms with Crippen molar-refractivity contribution in [1.29, 1.82) is 0 Å². The highest BCUT2D eigenvalue weighted by atomic mass is 16.7. The maximum atomic E-state index is 14.1. The number of carbonyl (C=O) groups is 2. The van der Waals surface area contributed by atoms with Crippen molar-refractivity contribution in [3.63, 3.8) is 0 Å². The van der Waals surface area contributed by atoms with Gasteiger partial charge >= 0.3 is 12.2 Å². The van der Waals surface area contributed by atoms with E-state index in [1.54, 1.807) is 24.1 Å². The zero-order valence-electron chi connectivity index (χ0n) is 35.4. The van der Waals surface area contributed by atoms with Crippen LogP contribution < -0.4 is 14.8 Å². The number of nitrogens with one attached hydrogen (secondary N) is 1. The van der Waals surface area contributed by atoms with E-state index in [1.807, 2.05) is 93.6 Å². The van der Waals surface area contributed by atoms with E-state index in [9.17, 15) is 19.8 Å². The summed E-state index contributed by atoms with van der Waals surface area (Å²) in [6.07, 6.45) is 7.47. The second kappa shape index (κ2) is 20.4. The van der Waals surface area contributed by atoms with Crippen molar-refractivity contribution in [2.45, 2.75) is 102 Å². The lowest BCUT2D eigenvalue weighted by atomic mass is 9.55. The van der Waals surface area contributed by atoms with Crippen LogP contribution in [0.5, 0.6) is 11.5 Å². The number of hydrogen-bond acceptors (Lipinski definition) is 10. The maximum absolute atomic E-state index is 14.1. The molecule has 3 aromatic carbocycles. The number of carbonyl (C=O) groups excluding carboxylic acids is 2. The number of fused-ring (bicyclic) bond motifs is 2. The minimum Gasteiger partial charge on any atom is -0.459 e. The molecule has 6 atom stereocenters. The van der Waals surface area contributed by atoms with Gasteiger partial charge in [-0.15, -0.1) is 6.58 Å². The monoisotopic (exact) mass is 823 g/mol. The van der Waals surface area contributed by atoms with E-state index in [4.69, 9.17) is 28.9 Å². The lowest BCUT2D eigenvalue weighted by Crippen LogP contribution is -2.69. The molecular formula is C48H61N3O9. The van der Waals surface area contributed by atoms with Gasteiger partial charge in [-0.3, -0.25) is 0 Å². The van der Waals surface area contributed by atoms with E-state index in [1.165, 1.54) is 0 Å². The van der Waals surface area contributed by atoms with Gasteiger partial charge in [0.05, 0.1) is 18.2 Å². The molecule has 0 saturated heterocycles. The topological polar surface area (TPSA) is 148 Å². The van der Waals surface area contributed by atoms with Crippen LogP contribution in [-0.4, -0.2) is 77.3 Å². The molecule has 1 fully saturated rings. The Balaban J connectivity index is 1.48. The van der Waals surface area contributed by atoms with Crippen LogP contribution in [0.25, 0.3) is 0 Å². The van der Waals surface area contributed by atoms with Crippen molar-refractivity contribution in [3.8, 4) is 11.5 Å². The SMILES string of the molecule is C=CCOC12Oc3ccc(OC(=O)NCc4ccccc4)cc3C3C(CCCCO)C(CCCCO)C=C(C(=NOC(C)(C)C)CC1N(C)C(=O)OCc1ccccc1)C32. The van der Waals surface area contributed by atoms with Crippen LogP contribution in [0.3, 0.4) is 0 Å². The van der Waals surface area contributed by atoms with Gasteiger partial charge < -0.3 is 44.2 Å². The van der Waals surface area contributed by atoms with Crippen LogP contribution in [0.2, 0.25) is 0 Å². The number of nitrogens with zero attached hydrogens (tertiary/aromatic N) is 2. The molecule has 1 heterocycles. The molecule has 0 radical (unpaired) electrons. The molecule has 0 spiro atoms. The summed E-state index contributed by atoms with van der Waals surface area (Å²) in [4.78, 5) is 35.1. The van der Waals surface area contributed by atoms with Gasteiger partial charge in [0.1, 0.15) is 29.7 Å². The normalized spacial score (nSPS) is 23.6. The van der Waals surface area contributed by atoms with Gasteiger partial charge in [0, 0.05) is 44.7 Å². The quantitative estimate of drug-likeness (QED) is 0.0651. The van der Waals surface area contributed by atoms with Crippen molar-refractivity contribution >= 4 is 17.9 Å². The molecule has 12 nitrogen and oxygen atoms in total. The maximum Gasteiger partial charge on any atom is 0.412 e. The number of amides is 2. The molecule has 2 aliphatic carbocycles. The van der Waals surface area contributed by atoms with Crippen molar-refractivity contribution < 1.29 is 43.6 Å². The van der Waals surface area contributed by atoms with E-state index in [0.717, 1.165) is 47.9 Å². The molecule has 2 amide bonds. The van der Waals surface area contributed by atoms with Gasteiger partial charge in [0.2, 0.25) is 5.79 Å². The first-order valence-corrected chi connectivity index (χ1v) is 21.2. The lowest BCUT2D eigenvalue weighted by Gasteiger charge is -2.59. The number of benzene rings is 3. The lowest BCUT2D eigenvalue weighted by molar-refractivity contribution is -0.253. The molecule has 3 aromatic rings. The zero-order valence-corrected chi connectivity index (χ0v) is 35.4. The molecule has 0 bridgehead atoms. The number of aliphatic hydroxyl groups is 2. The number of unbranched alkanes of at least 4 members (excludes halogenated alkanes) is 2. The predicted molar refractivity (Wildman–Crippen MR) is 229 cm³/mol. The second-order valence-corrected chi connectivity index (χ2v) is 16.9. The Morgan fingerprint density at radius 2 is 1.65 bits per heavy atom. The van der Waals surface area contributed by atoms with Gasteiger partial charge in [0.15, 0.2) is 0 Å². The number of likely N-dealkylation sites (N-methyl/N-ethyl adjacent to an activating group) is 1. The molecule has 1 saturated carbocycles. The molecular weight excluding hydrogens is 763 g/mol. The van der Waals surface area contributed by atoms with Crippen LogP contribution in [-0.2, 0) is 27.5 Å². The van der Waals surface area contributed by atoms with E-state index in [-0.39, 0.29) is 50.6 Å². The minimum atomic E-state index is -1.44. The Morgan fingerprint density at radius 3 is 2.32 bits per heavy atom. The standard InChI is InChI=1S/C48H61N3O9/c1-6-27-57-48-42(51(5)46(55)56-32-34-19-11-8-12-20-34)30-40(50-60-47(2,3)4)38-28-35(21-13-15-25-52)37(22-14-16-26-53)43(44(38)48)39-29-36(23-24-41(39)59-48)58-45(54)49-31-33-17-9-7-10-18-33/h6-12,17-20,23-24,28-29,35,37,42-44,52-53H,1,13-16,21-22,25-27,30-32H2,2-5H3,(H,49,54). The van der Waals surface area contributed by atoms with Gasteiger partial charge in [-0.2, -0.15) is 0 Å². The van der Waals surface area contributed by atoms with Crippen LogP contribution >= 0.6 is 0 Å². The molecule has 322 valence electrons. The van der Waals surface area contributed by atoms with Gasteiger partial charge in [-0.05, 0) is 93.2 Å². The van der Waals surface area contributed by atoms with E-state index >= 15 is 0 Å². The van der Waals surface area contributed by atoms with Gasteiger partial charge in [-0.1, -0.05) is 90.8 Å². The summed E-state index contributed by atoms with van der Waals surface area (Å²) >= 11 is 0. The van der Waals surface area contributed by atoms with Gasteiger partial charge in [-0.25, -0.2) is 9.59 Å². The van der Waals surface area contributed by atoms with E-state index < -0.39 is 35.5 Å². The van der Waals surface area contributed by atoms with Crippen LogP contribution in [0.4, 0.5) is 9.59 Å². The highest BCUT2D eigenvalue weighted by molar-refractivity contribution is 6.03. The fourth-order valence-corrected chi connectivity index (χ4v) is 8.84. The minimum absolute atomic E-state index is 0.000575. The molecule has 1 aliphatic heterocycles. The highest BCUT2D eigenvalue weighted by Crippen LogP contribution is 2.62. The Kier molecular flexibility index (Phi) is 15.1. The third-order valence-electron chi connectivity index (χ3n) is 11.5. The Hall–Kier alpha value is -5.17. The van der Waals surface area contributed by atoms with Crippen LogP contribution in [0.1, 0.15) is 88.3 Å². The molecule has 3 N–H and O–H groups in total. The zero-order chi connectivity index (χ0) is 42.7. The average molecular weight is 824 g/mol. The largest absolute Gasteiger partial charge is 0.459 e. The fraction of sp³-hybridized carbons (Fsp3) is 0.479. The van der Waals surface area contributed by atoms with Crippen molar-refractivity contribution in [2.24, 2.45) is 22.9 Å². The first-order chi connectivity index (χ1) is 29.0. The first kappa shape index (κ1) is 44.4. The third kappa shape index (κ3) is 10.6. The number of allylic oxidation sites excluding steroid dienone is 1. The average Bonchev–Trinajstić information content (AvgIpc) is 3.24. The third-order valence-corrected chi connectivity index (χ3v) is 11.5. The Morgan fingerprint density at radius 1 is 0.967 bits per heavy atom. The summed E-state index contributed by atoms with van der Waals surface area (Å²) in [6, 6.07) is 23.8. The number of aliphatic hydroxyl groups excluding tert-OH is 2. The summed E-state index contributed by atoms with van der Waals surface area (Å²) < 4.78 is 26.0. The summed E-state index contributed by atoms with van der Waals surface area (Å²) in [5.41, 5.74) is 3.60. The summed E-state index contributed by atoms with van der Waals surface area (Å²) in [6.45, 7) is 10.5. The fourth-order valence-electron chi connectivity index (χ4n) is 8.84. The molecule has 12 heteroatoms. The number of rotatable bonds is 18.